The standard InChI is InChI=1S/C24H34N4O4/c1-5-25-24(26-17-23(29)18-13-21(31-3)16-22(14-18)32-4)28-11-9-27(10-12-28)19-7-6-8-20(15-19)30-2/h6-8,13-16,23,29H,5,9-12,17H2,1-4H3,(H,25,26). The van der Waals surface area contributed by atoms with Crippen molar-refractivity contribution >= 4 is 11.6 Å². The minimum atomic E-state index is -0.759. The highest BCUT2D eigenvalue weighted by Crippen LogP contribution is 2.27. The van der Waals surface area contributed by atoms with Gasteiger partial charge in [0.2, 0.25) is 0 Å². The molecule has 0 radical (unpaired) electrons. The predicted molar refractivity (Wildman–Crippen MR) is 127 cm³/mol. The van der Waals surface area contributed by atoms with Crippen LogP contribution in [0.3, 0.4) is 0 Å². The summed E-state index contributed by atoms with van der Waals surface area (Å²) in [5, 5.41) is 14.1. The molecule has 0 saturated carbocycles. The molecule has 1 atom stereocenters. The van der Waals surface area contributed by atoms with Crippen LogP contribution in [0.15, 0.2) is 47.5 Å². The highest BCUT2D eigenvalue weighted by atomic mass is 16.5. The topological polar surface area (TPSA) is 78.8 Å². The number of hydrogen-bond donors (Lipinski definition) is 2. The SMILES string of the molecule is CCNC(=NCC(O)c1cc(OC)cc(OC)c1)N1CCN(c2cccc(OC)c2)CC1. The van der Waals surface area contributed by atoms with E-state index in [1.807, 2.05) is 31.2 Å². The third-order valence-corrected chi connectivity index (χ3v) is 5.51. The van der Waals surface area contributed by atoms with E-state index in [1.165, 1.54) is 0 Å². The molecule has 174 valence electrons. The van der Waals surface area contributed by atoms with Crippen LogP contribution in [0, 0.1) is 0 Å². The molecule has 8 nitrogen and oxygen atoms in total. The maximum absolute atomic E-state index is 10.7. The van der Waals surface area contributed by atoms with Crippen LogP contribution in [0.2, 0.25) is 0 Å². The van der Waals surface area contributed by atoms with Gasteiger partial charge in [-0.2, -0.15) is 0 Å². The minimum absolute atomic E-state index is 0.245. The third-order valence-electron chi connectivity index (χ3n) is 5.51. The molecule has 1 unspecified atom stereocenters. The Morgan fingerprint density at radius 3 is 2.22 bits per heavy atom. The van der Waals surface area contributed by atoms with E-state index >= 15 is 0 Å². The number of piperazine rings is 1. The zero-order valence-electron chi connectivity index (χ0n) is 19.4. The molecular formula is C24H34N4O4. The molecular weight excluding hydrogens is 408 g/mol. The Morgan fingerprint density at radius 1 is 0.969 bits per heavy atom. The van der Waals surface area contributed by atoms with Crippen molar-refractivity contribution in [2.24, 2.45) is 4.99 Å². The van der Waals surface area contributed by atoms with E-state index in [0.717, 1.165) is 50.1 Å². The zero-order chi connectivity index (χ0) is 22.9. The first-order chi connectivity index (χ1) is 15.6. The van der Waals surface area contributed by atoms with Gasteiger partial charge in [-0.25, -0.2) is 0 Å². The number of nitrogens with one attached hydrogen (secondary N) is 1. The summed E-state index contributed by atoms with van der Waals surface area (Å²) in [7, 11) is 4.88. The number of ether oxygens (including phenoxy) is 3. The Morgan fingerprint density at radius 2 is 1.62 bits per heavy atom. The molecule has 0 aliphatic carbocycles. The average Bonchev–Trinajstić information content (AvgIpc) is 2.86. The second-order valence-electron chi connectivity index (χ2n) is 7.53. The first kappa shape index (κ1) is 23.5. The number of aliphatic imine (C=N–C) groups is 1. The molecule has 2 N–H and O–H groups in total. The van der Waals surface area contributed by atoms with Gasteiger partial charge in [0.15, 0.2) is 5.96 Å². The first-order valence-electron chi connectivity index (χ1n) is 10.9. The molecule has 0 bridgehead atoms. The Balaban J connectivity index is 1.65. The molecule has 1 aliphatic heterocycles. The van der Waals surface area contributed by atoms with Crippen molar-refractivity contribution in [3.8, 4) is 17.2 Å². The predicted octanol–water partition coefficient (Wildman–Crippen LogP) is 2.53. The Bertz CT molecular complexity index is 875. The van der Waals surface area contributed by atoms with Gasteiger partial charge in [0, 0.05) is 50.5 Å². The molecule has 0 aromatic heterocycles. The Hall–Kier alpha value is -3.13. The summed E-state index contributed by atoms with van der Waals surface area (Å²) in [6, 6.07) is 13.5. The summed E-state index contributed by atoms with van der Waals surface area (Å²) in [4.78, 5) is 9.29. The van der Waals surface area contributed by atoms with Gasteiger partial charge in [0.25, 0.3) is 0 Å². The van der Waals surface area contributed by atoms with Crippen molar-refractivity contribution in [2.45, 2.75) is 13.0 Å². The highest BCUT2D eigenvalue weighted by Gasteiger charge is 2.21. The molecule has 0 amide bonds. The van der Waals surface area contributed by atoms with Crippen molar-refractivity contribution in [1.82, 2.24) is 10.2 Å². The smallest absolute Gasteiger partial charge is 0.194 e. The largest absolute Gasteiger partial charge is 0.497 e. The van der Waals surface area contributed by atoms with Crippen LogP contribution < -0.4 is 24.4 Å². The van der Waals surface area contributed by atoms with Gasteiger partial charge in [0.1, 0.15) is 17.2 Å². The van der Waals surface area contributed by atoms with Crippen molar-refractivity contribution in [3.05, 3.63) is 48.0 Å². The number of methoxy groups -OCH3 is 3. The number of rotatable bonds is 8. The minimum Gasteiger partial charge on any atom is -0.497 e. The van der Waals surface area contributed by atoms with Crippen LogP contribution in [0.5, 0.6) is 17.2 Å². The third kappa shape index (κ3) is 5.97. The van der Waals surface area contributed by atoms with Gasteiger partial charge in [-0.3, -0.25) is 4.99 Å². The maximum atomic E-state index is 10.7. The summed E-state index contributed by atoms with van der Waals surface area (Å²) >= 11 is 0. The average molecular weight is 443 g/mol. The zero-order valence-corrected chi connectivity index (χ0v) is 19.4. The molecule has 1 saturated heterocycles. The van der Waals surface area contributed by atoms with Crippen molar-refractivity contribution < 1.29 is 19.3 Å². The molecule has 8 heteroatoms. The number of nitrogens with zero attached hydrogens (tertiary/aromatic N) is 3. The maximum Gasteiger partial charge on any atom is 0.194 e. The van der Waals surface area contributed by atoms with Crippen LogP contribution in [0.1, 0.15) is 18.6 Å². The van der Waals surface area contributed by atoms with E-state index < -0.39 is 6.10 Å². The van der Waals surface area contributed by atoms with E-state index in [4.69, 9.17) is 19.2 Å². The molecule has 1 heterocycles. The van der Waals surface area contributed by atoms with E-state index in [-0.39, 0.29) is 6.54 Å². The summed E-state index contributed by atoms with van der Waals surface area (Å²) < 4.78 is 16.0. The van der Waals surface area contributed by atoms with E-state index in [0.29, 0.717) is 17.1 Å². The summed E-state index contributed by atoms with van der Waals surface area (Å²) in [5.41, 5.74) is 1.87. The van der Waals surface area contributed by atoms with Gasteiger partial charge < -0.3 is 34.4 Å². The molecule has 3 rings (SSSR count). The summed E-state index contributed by atoms with van der Waals surface area (Å²) in [6.45, 7) is 6.50. The van der Waals surface area contributed by atoms with Crippen LogP contribution in [-0.4, -0.2) is 76.6 Å². The van der Waals surface area contributed by atoms with Gasteiger partial charge in [0.05, 0.1) is 34.0 Å². The fraction of sp³-hybridized carbons (Fsp3) is 0.458. The highest BCUT2D eigenvalue weighted by molar-refractivity contribution is 5.80. The lowest BCUT2D eigenvalue weighted by Gasteiger charge is -2.37. The fourth-order valence-corrected chi connectivity index (χ4v) is 3.71. The van der Waals surface area contributed by atoms with Crippen LogP contribution in [0.25, 0.3) is 0 Å². The molecule has 1 fully saturated rings. The number of aliphatic hydroxyl groups excluding tert-OH is 1. The van der Waals surface area contributed by atoms with Gasteiger partial charge in [-0.15, -0.1) is 0 Å². The second kappa shape index (κ2) is 11.5. The number of hydrogen-bond acceptors (Lipinski definition) is 6. The quantitative estimate of drug-likeness (QED) is 0.480. The number of anilines is 1. The normalized spacial score (nSPS) is 15.3. The van der Waals surface area contributed by atoms with Gasteiger partial charge >= 0.3 is 0 Å². The van der Waals surface area contributed by atoms with Gasteiger partial charge in [-0.05, 0) is 36.8 Å². The summed E-state index contributed by atoms with van der Waals surface area (Å²) in [5.74, 6) is 2.96. The number of guanidine groups is 1. The van der Waals surface area contributed by atoms with Crippen LogP contribution in [-0.2, 0) is 0 Å². The molecule has 32 heavy (non-hydrogen) atoms. The second-order valence-corrected chi connectivity index (χ2v) is 7.53. The van der Waals surface area contributed by atoms with E-state index in [2.05, 4.69) is 27.2 Å². The number of benzene rings is 2. The molecule has 1 aliphatic rings. The Kier molecular flexibility index (Phi) is 8.44. The van der Waals surface area contributed by atoms with Crippen molar-refractivity contribution in [1.29, 1.82) is 0 Å². The van der Waals surface area contributed by atoms with E-state index in [1.54, 1.807) is 27.4 Å². The monoisotopic (exact) mass is 442 g/mol. The van der Waals surface area contributed by atoms with Crippen LogP contribution in [0.4, 0.5) is 5.69 Å². The molecule has 0 spiro atoms. The van der Waals surface area contributed by atoms with E-state index in [9.17, 15) is 5.11 Å². The first-order valence-corrected chi connectivity index (χ1v) is 10.9. The van der Waals surface area contributed by atoms with Gasteiger partial charge in [-0.1, -0.05) is 6.07 Å². The molecule has 2 aromatic rings. The lowest BCUT2D eigenvalue weighted by molar-refractivity contribution is 0.185. The lowest BCUT2D eigenvalue weighted by atomic mass is 10.1. The van der Waals surface area contributed by atoms with Crippen molar-refractivity contribution in [3.63, 3.8) is 0 Å². The summed E-state index contributed by atoms with van der Waals surface area (Å²) in [6.07, 6.45) is -0.759. The lowest BCUT2D eigenvalue weighted by Crippen LogP contribution is -2.52. The fourth-order valence-electron chi connectivity index (χ4n) is 3.71. The Labute approximate surface area is 190 Å². The van der Waals surface area contributed by atoms with Crippen LogP contribution >= 0.6 is 0 Å². The molecule has 2 aromatic carbocycles. The number of aliphatic hydroxyl groups is 1. The van der Waals surface area contributed by atoms with Crippen molar-refractivity contribution in [2.75, 3.05) is 65.5 Å².